The Morgan fingerprint density at radius 2 is 2.00 bits per heavy atom. The SMILES string of the molecule is COc1c(Nc2ccc(Cl)c3c2C(=O)NC3)c(=O)c1=O. The van der Waals surface area contributed by atoms with E-state index in [0.29, 0.717) is 28.4 Å². The molecule has 6 nitrogen and oxygen atoms in total. The van der Waals surface area contributed by atoms with Crippen LogP contribution in [-0.2, 0) is 6.54 Å². The highest BCUT2D eigenvalue weighted by atomic mass is 35.5. The van der Waals surface area contributed by atoms with Gasteiger partial charge in [-0.1, -0.05) is 11.6 Å². The Balaban J connectivity index is 2.07. The summed E-state index contributed by atoms with van der Waals surface area (Å²) >= 11 is 6.02. The first-order valence-corrected chi connectivity index (χ1v) is 6.16. The van der Waals surface area contributed by atoms with Gasteiger partial charge in [-0.15, -0.1) is 0 Å². The number of carbonyl (C=O) groups is 1. The van der Waals surface area contributed by atoms with Crippen LogP contribution in [0.5, 0.6) is 5.75 Å². The third kappa shape index (κ3) is 1.61. The third-order valence-electron chi connectivity index (χ3n) is 3.24. The quantitative estimate of drug-likeness (QED) is 0.822. The summed E-state index contributed by atoms with van der Waals surface area (Å²) in [7, 11) is 1.31. The molecule has 3 rings (SSSR count). The van der Waals surface area contributed by atoms with Gasteiger partial charge >= 0.3 is 0 Å². The van der Waals surface area contributed by atoms with Crippen LogP contribution in [0, 0.1) is 0 Å². The number of carbonyl (C=O) groups excluding carboxylic acids is 1. The van der Waals surface area contributed by atoms with Gasteiger partial charge in [0.2, 0.25) is 0 Å². The Morgan fingerprint density at radius 1 is 1.25 bits per heavy atom. The van der Waals surface area contributed by atoms with Crippen LogP contribution in [-0.4, -0.2) is 13.0 Å². The van der Waals surface area contributed by atoms with Gasteiger partial charge in [-0.2, -0.15) is 0 Å². The minimum Gasteiger partial charge on any atom is -0.491 e. The number of amides is 1. The summed E-state index contributed by atoms with van der Waals surface area (Å²) in [5, 5.41) is 5.91. The average molecular weight is 293 g/mol. The van der Waals surface area contributed by atoms with Crippen LogP contribution in [0.3, 0.4) is 0 Å². The first-order valence-electron chi connectivity index (χ1n) is 5.78. The molecule has 0 spiro atoms. The number of methoxy groups -OCH3 is 1. The lowest BCUT2D eigenvalue weighted by Crippen LogP contribution is -2.34. The highest BCUT2D eigenvalue weighted by Crippen LogP contribution is 2.33. The molecule has 1 amide bonds. The van der Waals surface area contributed by atoms with Gasteiger partial charge in [0, 0.05) is 17.1 Å². The monoisotopic (exact) mass is 292 g/mol. The number of nitrogens with one attached hydrogen (secondary N) is 2. The predicted octanol–water partition coefficient (Wildman–Crippen LogP) is 0.932. The first kappa shape index (κ1) is 12.7. The molecule has 0 fully saturated rings. The second-order valence-electron chi connectivity index (χ2n) is 4.32. The summed E-state index contributed by atoms with van der Waals surface area (Å²) in [6.45, 7) is 0.339. The molecule has 0 aromatic heterocycles. The molecule has 0 bridgehead atoms. The zero-order chi connectivity index (χ0) is 14.4. The lowest BCUT2D eigenvalue weighted by molar-refractivity contribution is 0.0966. The van der Waals surface area contributed by atoms with Gasteiger partial charge in [-0.3, -0.25) is 14.4 Å². The standard InChI is InChI=1S/C13H9ClN2O4/c1-20-12-9(10(17)11(12)18)16-7-3-2-6(14)5-4-15-13(19)8(5)7/h2-3,16H,4H2,1H3,(H,15,19). The third-order valence-corrected chi connectivity index (χ3v) is 3.59. The molecule has 102 valence electrons. The molecule has 7 heteroatoms. The summed E-state index contributed by atoms with van der Waals surface area (Å²) in [6.07, 6.45) is 0. The molecule has 2 aromatic rings. The van der Waals surface area contributed by atoms with Gasteiger partial charge in [0.25, 0.3) is 16.8 Å². The van der Waals surface area contributed by atoms with Crippen molar-refractivity contribution in [2.75, 3.05) is 12.4 Å². The zero-order valence-corrected chi connectivity index (χ0v) is 11.1. The topological polar surface area (TPSA) is 84.5 Å². The van der Waals surface area contributed by atoms with Crippen LogP contribution < -0.4 is 26.2 Å². The van der Waals surface area contributed by atoms with E-state index in [1.165, 1.54) is 7.11 Å². The Morgan fingerprint density at radius 3 is 2.70 bits per heavy atom. The van der Waals surface area contributed by atoms with Gasteiger partial charge in [-0.25, -0.2) is 0 Å². The van der Waals surface area contributed by atoms with Crippen LogP contribution in [0.15, 0.2) is 21.7 Å². The fourth-order valence-corrected chi connectivity index (χ4v) is 2.45. The van der Waals surface area contributed by atoms with E-state index in [9.17, 15) is 14.4 Å². The van der Waals surface area contributed by atoms with Crippen molar-refractivity contribution in [1.82, 2.24) is 5.32 Å². The molecule has 0 unspecified atom stereocenters. The van der Waals surface area contributed by atoms with E-state index < -0.39 is 10.9 Å². The number of halogens is 1. The van der Waals surface area contributed by atoms with E-state index in [1.54, 1.807) is 12.1 Å². The number of hydrogen-bond donors (Lipinski definition) is 2. The molecule has 0 saturated heterocycles. The molecule has 0 atom stereocenters. The molecular formula is C13H9ClN2O4. The number of fused-ring (bicyclic) bond motifs is 1. The number of ether oxygens (including phenoxy) is 1. The van der Waals surface area contributed by atoms with Crippen molar-refractivity contribution >= 4 is 28.9 Å². The molecule has 0 radical (unpaired) electrons. The molecule has 0 saturated carbocycles. The summed E-state index contributed by atoms with van der Waals surface area (Å²) < 4.78 is 4.84. The van der Waals surface area contributed by atoms with Gasteiger partial charge in [0.05, 0.1) is 18.4 Å². The molecule has 2 aromatic carbocycles. The summed E-state index contributed by atoms with van der Waals surface area (Å²) in [5.74, 6) is -0.306. The Labute approximate surface area is 118 Å². The summed E-state index contributed by atoms with van der Waals surface area (Å²) in [4.78, 5) is 34.6. The molecule has 1 aliphatic rings. The minimum atomic E-state index is -0.676. The van der Waals surface area contributed by atoms with Gasteiger partial charge < -0.3 is 15.4 Å². The van der Waals surface area contributed by atoms with Crippen molar-refractivity contribution in [1.29, 1.82) is 0 Å². The van der Waals surface area contributed by atoms with Crippen molar-refractivity contribution in [2.24, 2.45) is 0 Å². The van der Waals surface area contributed by atoms with Gasteiger partial charge in [0.1, 0.15) is 5.69 Å². The predicted molar refractivity (Wildman–Crippen MR) is 73.8 cm³/mol. The van der Waals surface area contributed by atoms with E-state index in [-0.39, 0.29) is 17.3 Å². The average Bonchev–Trinajstić information content (AvgIpc) is 2.84. The minimum absolute atomic E-state index is 0.0305. The smallest absolute Gasteiger partial charge is 0.272 e. The maximum atomic E-state index is 11.8. The molecule has 1 heterocycles. The van der Waals surface area contributed by atoms with E-state index in [2.05, 4.69) is 10.6 Å². The number of hydrogen-bond acceptors (Lipinski definition) is 5. The fraction of sp³-hybridized carbons (Fsp3) is 0.154. The molecule has 2 N–H and O–H groups in total. The van der Waals surface area contributed by atoms with Crippen LogP contribution in [0.25, 0.3) is 0 Å². The highest BCUT2D eigenvalue weighted by molar-refractivity contribution is 6.32. The van der Waals surface area contributed by atoms with E-state index in [1.807, 2.05) is 0 Å². The Kier molecular flexibility index (Phi) is 2.76. The number of benzene rings is 1. The van der Waals surface area contributed by atoms with Crippen LogP contribution >= 0.6 is 11.6 Å². The normalized spacial score (nSPS) is 13.2. The zero-order valence-electron chi connectivity index (χ0n) is 10.4. The van der Waals surface area contributed by atoms with Crippen molar-refractivity contribution in [3.8, 4) is 5.75 Å². The highest BCUT2D eigenvalue weighted by Gasteiger charge is 2.28. The maximum Gasteiger partial charge on any atom is 0.272 e. The van der Waals surface area contributed by atoms with Crippen molar-refractivity contribution < 1.29 is 9.53 Å². The lowest BCUT2D eigenvalue weighted by Gasteiger charge is -2.14. The molecule has 1 aliphatic heterocycles. The maximum absolute atomic E-state index is 11.8. The first-order chi connectivity index (χ1) is 9.54. The summed E-state index contributed by atoms with van der Waals surface area (Å²) in [5.41, 5.74) is 0.187. The van der Waals surface area contributed by atoms with E-state index in [0.717, 1.165) is 0 Å². The second-order valence-corrected chi connectivity index (χ2v) is 4.73. The Hall–Kier alpha value is -2.34. The Bertz CT molecular complexity index is 805. The van der Waals surface area contributed by atoms with Crippen LogP contribution in [0.4, 0.5) is 11.4 Å². The molecule has 20 heavy (non-hydrogen) atoms. The van der Waals surface area contributed by atoms with Crippen LogP contribution in [0.2, 0.25) is 5.02 Å². The second kappa shape index (κ2) is 4.35. The van der Waals surface area contributed by atoms with Gasteiger partial charge in [0.15, 0.2) is 5.75 Å². The van der Waals surface area contributed by atoms with E-state index >= 15 is 0 Å². The van der Waals surface area contributed by atoms with Crippen molar-refractivity contribution in [3.05, 3.63) is 48.7 Å². The molecular weight excluding hydrogens is 284 g/mol. The largest absolute Gasteiger partial charge is 0.491 e. The fourth-order valence-electron chi connectivity index (χ4n) is 2.23. The van der Waals surface area contributed by atoms with E-state index in [4.69, 9.17) is 16.3 Å². The molecule has 0 aliphatic carbocycles. The van der Waals surface area contributed by atoms with Crippen molar-refractivity contribution in [2.45, 2.75) is 6.54 Å². The lowest BCUT2D eigenvalue weighted by atomic mass is 10.1. The van der Waals surface area contributed by atoms with Gasteiger partial charge in [-0.05, 0) is 12.1 Å². The number of anilines is 2. The number of rotatable bonds is 3. The summed E-state index contributed by atoms with van der Waals surface area (Å²) in [6, 6.07) is 3.21. The van der Waals surface area contributed by atoms with Crippen molar-refractivity contribution in [3.63, 3.8) is 0 Å². The van der Waals surface area contributed by atoms with Crippen LogP contribution in [0.1, 0.15) is 15.9 Å².